The highest BCUT2D eigenvalue weighted by molar-refractivity contribution is 6.30. The van der Waals surface area contributed by atoms with Gasteiger partial charge >= 0.3 is 6.09 Å². The molecule has 1 aliphatic rings. The minimum atomic E-state index is -0.373. The molecule has 6 nitrogen and oxygen atoms in total. The van der Waals surface area contributed by atoms with Crippen LogP contribution in [-0.2, 0) is 18.3 Å². The number of hydrogen-bond acceptors (Lipinski definition) is 4. The number of aryl methyl sites for hydroxylation is 2. The molecule has 1 aliphatic heterocycles. The number of hydrogen-bond donors (Lipinski definition) is 1. The van der Waals surface area contributed by atoms with Crippen LogP contribution in [0.15, 0.2) is 0 Å². The zero-order chi connectivity index (χ0) is 14.0. The van der Waals surface area contributed by atoms with Crippen LogP contribution in [0.3, 0.4) is 0 Å². The van der Waals surface area contributed by atoms with Crippen molar-refractivity contribution in [3.05, 3.63) is 16.4 Å². The molecule has 1 unspecified atom stereocenters. The third-order valence-electron chi connectivity index (χ3n) is 3.43. The lowest BCUT2D eigenvalue weighted by Crippen LogP contribution is -2.36. The zero-order valence-corrected chi connectivity index (χ0v) is 12.2. The molecule has 1 N–H and O–H groups in total. The van der Waals surface area contributed by atoms with Gasteiger partial charge in [-0.2, -0.15) is 5.10 Å². The number of nitrogens with one attached hydrogen (secondary N) is 1. The van der Waals surface area contributed by atoms with E-state index in [1.54, 1.807) is 4.68 Å². The molecule has 2 rings (SSSR count). The first kappa shape index (κ1) is 14.1. The van der Waals surface area contributed by atoms with E-state index < -0.39 is 0 Å². The summed E-state index contributed by atoms with van der Waals surface area (Å²) in [4.78, 5) is 13.4. The van der Waals surface area contributed by atoms with Crippen molar-refractivity contribution in [3.63, 3.8) is 0 Å². The van der Waals surface area contributed by atoms with Gasteiger partial charge in [0.25, 0.3) is 0 Å². The van der Waals surface area contributed by atoms with E-state index in [4.69, 9.17) is 11.6 Å². The summed E-state index contributed by atoms with van der Waals surface area (Å²) >= 11 is 6.22. The first-order valence-electron chi connectivity index (χ1n) is 6.26. The van der Waals surface area contributed by atoms with Gasteiger partial charge in [-0.25, -0.2) is 4.79 Å². The van der Waals surface area contributed by atoms with E-state index in [-0.39, 0.29) is 12.1 Å². The fourth-order valence-electron chi connectivity index (χ4n) is 2.40. The van der Waals surface area contributed by atoms with E-state index >= 15 is 0 Å². The minimum absolute atomic E-state index is 0.142. The average Bonchev–Trinajstić information content (AvgIpc) is 2.90. The van der Waals surface area contributed by atoms with Crippen LogP contribution in [0.25, 0.3) is 0 Å². The van der Waals surface area contributed by atoms with Crippen molar-refractivity contribution in [1.82, 2.24) is 20.0 Å². The van der Waals surface area contributed by atoms with Crippen molar-refractivity contribution in [1.29, 1.82) is 0 Å². The van der Waals surface area contributed by atoms with Gasteiger partial charge in [0.1, 0.15) is 5.15 Å². The Morgan fingerprint density at radius 2 is 2.37 bits per heavy atom. The Balaban J connectivity index is 1.93. The second-order valence-electron chi connectivity index (χ2n) is 4.84. The normalized spacial score (nSPS) is 19.7. The van der Waals surface area contributed by atoms with E-state index in [1.807, 2.05) is 14.0 Å². The number of methoxy groups -OCH3 is 1. The summed E-state index contributed by atoms with van der Waals surface area (Å²) in [6.07, 6.45) is 0.550. The molecule has 0 spiro atoms. The zero-order valence-electron chi connectivity index (χ0n) is 11.4. The van der Waals surface area contributed by atoms with E-state index in [2.05, 4.69) is 20.1 Å². The van der Waals surface area contributed by atoms with Crippen LogP contribution in [0.5, 0.6) is 0 Å². The predicted octanol–water partition coefficient (Wildman–Crippen LogP) is 1.31. The molecule has 0 saturated carbocycles. The van der Waals surface area contributed by atoms with Gasteiger partial charge in [0.05, 0.1) is 12.8 Å². The quantitative estimate of drug-likeness (QED) is 0.910. The number of nitrogens with zero attached hydrogens (tertiary/aromatic N) is 3. The molecule has 1 aromatic rings. The summed E-state index contributed by atoms with van der Waals surface area (Å²) in [6, 6.07) is 0.142. The molecule has 1 aromatic heterocycles. The van der Waals surface area contributed by atoms with E-state index in [1.165, 1.54) is 7.11 Å². The third-order valence-corrected chi connectivity index (χ3v) is 3.90. The van der Waals surface area contributed by atoms with Gasteiger partial charge in [-0.15, -0.1) is 0 Å². The molecular formula is C12H19ClN4O2. The molecule has 1 saturated heterocycles. The fraction of sp³-hybridized carbons (Fsp3) is 0.667. The fourth-order valence-corrected chi connectivity index (χ4v) is 2.63. The highest BCUT2D eigenvalue weighted by atomic mass is 35.5. The van der Waals surface area contributed by atoms with E-state index in [9.17, 15) is 4.79 Å². The predicted molar refractivity (Wildman–Crippen MR) is 72.2 cm³/mol. The van der Waals surface area contributed by atoms with Crippen molar-refractivity contribution in [3.8, 4) is 0 Å². The second-order valence-corrected chi connectivity index (χ2v) is 5.19. The molecular weight excluding hydrogens is 268 g/mol. The maximum Gasteiger partial charge on any atom is 0.407 e. The molecule has 0 aliphatic carbocycles. The van der Waals surface area contributed by atoms with Gasteiger partial charge in [0.2, 0.25) is 0 Å². The number of rotatable bonds is 3. The summed E-state index contributed by atoms with van der Waals surface area (Å²) in [6.45, 7) is 4.46. The van der Waals surface area contributed by atoms with Crippen LogP contribution >= 0.6 is 11.6 Å². The Kier molecular flexibility index (Phi) is 4.31. The Hall–Kier alpha value is -1.27. The highest BCUT2D eigenvalue weighted by Gasteiger charge is 2.25. The van der Waals surface area contributed by atoms with E-state index in [0.29, 0.717) is 5.15 Å². The SMILES string of the molecule is COC(=O)NC1CCN(Cc2c(C)nn(C)c2Cl)C1. The first-order valence-corrected chi connectivity index (χ1v) is 6.64. The number of alkyl carbamates (subject to hydrolysis) is 1. The van der Waals surface area contributed by atoms with Crippen LogP contribution in [0.1, 0.15) is 17.7 Å². The lowest BCUT2D eigenvalue weighted by Gasteiger charge is -2.16. The number of halogens is 1. The maximum atomic E-state index is 11.2. The van der Waals surface area contributed by atoms with Crippen molar-refractivity contribution in [2.75, 3.05) is 20.2 Å². The van der Waals surface area contributed by atoms with Crippen LogP contribution in [0.2, 0.25) is 5.15 Å². The Bertz CT molecular complexity index is 475. The molecule has 2 heterocycles. The summed E-state index contributed by atoms with van der Waals surface area (Å²) < 4.78 is 6.29. The second kappa shape index (κ2) is 5.79. The smallest absolute Gasteiger partial charge is 0.407 e. The summed E-state index contributed by atoms with van der Waals surface area (Å²) in [5.74, 6) is 0. The molecule has 1 fully saturated rings. The molecule has 106 valence electrons. The number of amides is 1. The molecule has 7 heteroatoms. The molecule has 1 atom stereocenters. The molecule has 0 radical (unpaired) electrons. The summed E-state index contributed by atoms with van der Waals surface area (Å²) in [5.41, 5.74) is 2.01. The largest absolute Gasteiger partial charge is 0.453 e. The monoisotopic (exact) mass is 286 g/mol. The van der Waals surface area contributed by atoms with Crippen LogP contribution in [-0.4, -0.2) is 47.0 Å². The number of likely N-dealkylation sites (tertiary alicyclic amines) is 1. The van der Waals surface area contributed by atoms with Gasteiger partial charge in [0, 0.05) is 38.3 Å². The summed E-state index contributed by atoms with van der Waals surface area (Å²) in [7, 11) is 3.21. The Labute approximate surface area is 117 Å². The first-order chi connectivity index (χ1) is 9.01. The average molecular weight is 287 g/mol. The molecule has 19 heavy (non-hydrogen) atoms. The van der Waals surface area contributed by atoms with Gasteiger partial charge in [0.15, 0.2) is 0 Å². The van der Waals surface area contributed by atoms with E-state index in [0.717, 1.165) is 37.3 Å². The van der Waals surface area contributed by atoms with Crippen LogP contribution in [0.4, 0.5) is 4.79 Å². The number of aromatic nitrogens is 2. The number of carbonyl (C=O) groups is 1. The molecule has 1 amide bonds. The molecule has 0 bridgehead atoms. The van der Waals surface area contributed by atoms with Crippen molar-refractivity contribution in [2.24, 2.45) is 7.05 Å². The van der Waals surface area contributed by atoms with Crippen molar-refractivity contribution < 1.29 is 9.53 Å². The number of ether oxygens (including phenoxy) is 1. The standard InChI is InChI=1S/C12H19ClN4O2/c1-8-10(11(13)16(2)15-8)7-17-5-4-9(6-17)14-12(18)19-3/h9H,4-7H2,1-3H3,(H,14,18). The maximum absolute atomic E-state index is 11.2. The van der Waals surface area contributed by atoms with Gasteiger partial charge in [-0.05, 0) is 13.3 Å². The van der Waals surface area contributed by atoms with Crippen LogP contribution in [0, 0.1) is 6.92 Å². The lowest BCUT2D eigenvalue weighted by molar-refractivity contribution is 0.166. The molecule has 0 aromatic carbocycles. The van der Waals surface area contributed by atoms with Gasteiger partial charge in [-0.3, -0.25) is 9.58 Å². The Morgan fingerprint density at radius 3 is 2.95 bits per heavy atom. The van der Waals surface area contributed by atoms with Gasteiger partial charge in [-0.1, -0.05) is 11.6 Å². The van der Waals surface area contributed by atoms with Gasteiger partial charge < -0.3 is 10.1 Å². The third kappa shape index (κ3) is 3.19. The topological polar surface area (TPSA) is 59.4 Å². The summed E-state index contributed by atoms with van der Waals surface area (Å²) in [5, 5.41) is 7.81. The Morgan fingerprint density at radius 1 is 1.63 bits per heavy atom. The highest BCUT2D eigenvalue weighted by Crippen LogP contribution is 2.22. The minimum Gasteiger partial charge on any atom is -0.453 e. The van der Waals surface area contributed by atoms with Crippen molar-refractivity contribution in [2.45, 2.75) is 25.9 Å². The number of carbonyl (C=O) groups excluding carboxylic acids is 1. The van der Waals surface area contributed by atoms with Crippen LogP contribution < -0.4 is 5.32 Å². The lowest BCUT2D eigenvalue weighted by atomic mass is 10.2. The van der Waals surface area contributed by atoms with Crippen molar-refractivity contribution >= 4 is 17.7 Å².